The van der Waals surface area contributed by atoms with Gasteiger partial charge in [-0.2, -0.15) is 0 Å². The second-order valence-corrected chi connectivity index (χ2v) is 4.08. The van der Waals surface area contributed by atoms with E-state index < -0.39 is 0 Å². The molecule has 1 aromatic rings. The van der Waals surface area contributed by atoms with Gasteiger partial charge >= 0.3 is 0 Å². The molecule has 0 saturated carbocycles. The Kier molecular flexibility index (Phi) is 13.8. The zero-order chi connectivity index (χ0) is 11.7. The Labute approximate surface area is 127 Å². The van der Waals surface area contributed by atoms with Gasteiger partial charge in [-0.3, -0.25) is 0 Å². The predicted octanol–water partition coefficient (Wildman–Crippen LogP) is 5.00. The Morgan fingerprint density at radius 3 is 2.00 bits per heavy atom. The van der Waals surface area contributed by atoms with Crippen molar-refractivity contribution < 1.29 is 32.7 Å². The molecular formula is C15H26Y. The Morgan fingerprint density at radius 1 is 1.06 bits per heavy atom. The average molecular weight is 295 g/mol. The van der Waals surface area contributed by atoms with Gasteiger partial charge in [0, 0.05) is 32.7 Å². The van der Waals surface area contributed by atoms with E-state index in [1.165, 1.54) is 30.4 Å². The van der Waals surface area contributed by atoms with Crippen LogP contribution in [-0.2, 0) is 39.1 Å². The van der Waals surface area contributed by atoms with Crippen molar-refractivity contribution in [2.75, 3.05) is 0 Å². The molecule has 0 aliphatic carbocycles. The minimum absolute atomic E-state index is 0. The molecule has 0 unspecified atom stereocenters. The van der Waals surface area contributed by atoms with E-state index in [9.17, 15) is 0 Å². The first kappa shape index (κ1) is 18.7. The molecule has 0 N–H and O–H groups in total. The van der Waals surface area contributed by atoms with E-state index >= 15 is 0 Å². The van der Waals surface area contributed by atoms with Crippen LogP contribution in [0.2, 0.25) is 0 Å². The van der Waals surface area contributed by atoms with Crippen LogP contribution in [0, 0.1) is 12.8 Å². The zero-order valence-electron chi connectivity index (χ0n) is 11.6. The van der Waals surface area contributed by atoms with Gasteiger partial charge in [-0.1, -0.05) is 70.4 Å². The molecule has 0 saturated heterocycles. The fourth-order valence-corrected chi connectivity index (χ4v) is 1.72. The van der Waals surface area contributed by atoms with Crippen molar-refractivity contribution in [1.82, 2.24) is 0 Å². The number of benzene rings is 1. The van der Waals surface area contributed by atoms with Gasteiger partial charge < -0.3 is 0 Å². The first-order valence-corrected chi connectivity index (χ1v) is 6.28. The van der Waals surface area contributed by atoms with Crippen LogP contribution in [0.5, 0.6) is 0 Å². The standard InChI is InChI=1S/C13H20.C2H6.Y/c1-4-5-12(3)10-13-8-6-11(2)7-9-13;1-2;/h6-9,12H,4-5,10H2,1-3H3;1-2H3;/t12-;;/m1../s1. The van der Waals surface area contributed by atoms with Crippen LogP contribution in [0.25, 0.3) is 0 Å². The molecule has 1 aromatic carbocycles. The number of rotatable bonds is 4. The normalized spacial score (nSPS) is 10.8. The molecule has 0 fully saturated rings. The van der Waals surface area contributed by atoms with Crippen LogP contribution >= 0.6 is 0 Å². The molecule has 1 rings (SSSR count). The molecule has 0 aromatic heterocycles. The second-order valence-electron chi connectivity index (χ2n) is 4.08. The van der Waals surface area contributed by atoms with Crippen LogP contribution in [0.4, 0.5) is 0 Å². The maximum absolute atomic E-state index is 2.34. The third-order valence-corrected chi connectivity index (χ3v) is 2.49. The van der Waals surface area contributed by atoms with E-state index in [4.69, 9.17) is 0 Å². The summed E-state index contributed by atoms with van der Waals surface area (Å²) in [6.45, 7) is 10.7. The molecule has 0 aliphatic rings. The predicted molar refractivity (Wildman–Crippen MR) is 70.3 cm³/mol. The summed E-state index contributed by atoms with van der Waals surface area (Å²) in [5, 5.41) is 0. The van der Waals surface area contributed by atoms with Crippen molar-refractivity contribution in [1.29, 1.82) is 0 Å². The third kappa shape index (κ3) is 8.47. The first-order valence-electron chi connectivity index (χ1n) is 6.28. The van der Waals surface area contributed by atoms with Gasteiger partial charge in [0.2, 0.25) is 0 Å². The van der Waals surface area contributed by atoms with Crippen molar-refractivity contribution in [3.05, 3.63) is 35.4 Å². The monoisotopic (exact) mass is 295 g/mol. The van der Waals surface area contributed by atoms with E-state index in [2.05, 4.69) is 45.0 Å². The molecule has 1 heteroatoms. The van der Waals surface area contributed by atoms with Crippen molar-refractivity contribution in [3.63, 3.8) is 0 Å². The Balaban J connectivity index is 0. The summed E-state index contributed by atoms with van der Waals surface area (Å²) >= 11 is 0. The van der Waals surface area contributed by atoms with Crippen molar-refractivity contribution in [3.8, 4) is 0 Å². The zero-order valence-corrected chi connectivity index (χ0v) is 14.4. The topological polar surface area (TPSA) is 0 Å². The molecule has 16 heavy (non-hydrogen) atoms. The largest absolute Gasteiger partial charge is 0.0683 e. The summed E-state index contributed by atoms with van der Waals surface area (Å²) in [5.41, 5.74) is 2.83. The van der Waals surface area contributed by atoms with Gasteiger partial charge in [0.15, 0.2) is 0 Å². The first-order chi connectivity index (χ1) is 7.22. The number of aryl methyl sites for hydroxylation is 1. The third-order valence-electron chi connectivity index (χ3n) is 2.49. The molecule has 0 bridgehead atoms. The van der Waals surface area contributed by atoms with Gasteiger partial charge in [0.05, 0.1) is 0 Å². The summed E-state index contributed by atoms with van der Waals surface area (Å²) in [6, 6.07) is 8.91. The molecule has 1 atom stereocenters. The van der Waals surface area contributed by atoms with Gasteiger partial charge in [0.1, 0.15) is 0 Å². The Bertz CT molecular complexity index is 238. The molecule has 0 spiro atoms. The Hall–Kier alpha value is 0.324. The molecule has 0 nitrogen and oxygen atoms in total. The van der Waals surface area contributed by atoms with E-state index in [0.717, 1.165) is 5.92 Å². The van der Waals surface area contributed by atoms with Crippen LogP contribution in [0.1, 0.15) is 51.7 Å². The van der Waals surface area contributed by atoms with E-state index in [0.29, 0.717) is 0 Å². The van der Waals surface area contributed by atoms with E-state index in [-0.39, 0.29) is 32.7 Å². The summed E-state index contributed by atoms with van der Waals surface area (Å²) in [6.07, 6.45) is 3.87. The van der Waals surface area contributed by atoms with Crippen LogP contribution < -0.4 is 0 Å². The fraction of sp³-hybridized carbons (Fsp3) is 0.600. The molecule has 0 aliphatic heterocycles. The van der Waals surface area contributed by atoms with Crippen LogP contribution in [-0.4, -0.2) is 0 Å². The van der Waals surface area contributed by atoms with Gasteiger partial charge in [-0.25, -0.2) is 0 Å². The average Bonchev–Trinajstić information content (AvgIpc) is 2.25. The molecule has 0 heterocycles. The van der Waals surface area contributed by atoms with E-state index in [1.54, 1.807) is 0 Å². The quantitative estimate of drug-likeness (QED) is 0.733. The van der Waals surface area contributed by atoms with E-state index in [1.807, 2.05) is 13.8 Å². The number of hydrogen-bond acceptors (Lipinski definition) is 0. The van der Waals surface area contributed by atoms with Gasteiger partial charge in [0.25, 0.3) is 0 Å². The summed E-state index contributed by atoms with van der Waals surface area (Å²) in [4.78, 5) is 0. The SMILES string of the molecule is CC.CCC[C@@H](C)Cc1ccc(C)cc1.[Y]. The van der Waals surface area contributed by atoms with Crippen molar-refractivity contribution in [2.45, 2.75) is 53.9 Å². The minimum Gasteiger partial charge on any atom is -0.0683 e. The maximum Gasteiger partial charge on any atom is 0 e. The van der Waals surface area contributed by atoms with Crippen molar-refractivity contribution in [2.24, 2.45) is 5.92 Å². The summed E-state index contributed by atoms with van der Waals surface area (Å²) in [5.74, 6) is 0.827. The Morgan fingerprint density at radius 2 is 1.56 bits per heavy atom. The fourth-order valence-electron chi connectivity index (χ4n) is 1.72. The smallest absolute Gasteiger partial charge is 0 e. The molecule has 1 radical (unpaired) electrons. The van der Waals surface area contributed by atoms with Gasteiger partial charge in [-0.05, 0) is 24.8 Å². The van der Waals surface area contributed by atoms with Crippen molar-refractivity contribution >= 4 is 0 Å². The summed E-state index contributed by atoms with van der Waals surface area (Å²) < 4.78 is 0. The summed E-state index contributed by atoms with van der Waals surface area (Å²) in [7, 11) is 0. The maximum atomic E-state index is 2.34. The van der Waals surface area contributed by atoms with Gasteiger partial charge in [-0.15, -0.1) is 0 Å². The number of hydrogen-bond donors (Lipinski definition) is 0. The molecule has 0 amide bonds. The van der Waals surface area contributed by atoms with Crippen LogP contribution in [0.15, 0.2) is 24.3 Å². The minimum atomic E-state index is 0. The molecule has 89 valence electrons. The van der Waals surface area contributed by atoms with Crippen LogP contribution in [0.3, 0.4) is 0 Å². The second kappa shape index (κ2) is 11.8. The molecular weight excluding hydrogens is 269 g/mol.